The van der Waals surface area contributed by atoms with E-state index in [1.165, 1.54) is 40.6 Å². The SMILES string of the molecule is Cc1cc(C)c2nc3c(c(C(O)C4CCCCN4)c2c1)CCC3. The fourth-order valence-electron chi connectivity index (χ4n) is 4.44. The number of benzene rings is 1. The molecule has 1 saturated heterocycles. The Morgan fingerprint density at radius 2 is 2.04 bits per heavy atom. The zero-order valence-corrected chi connectivity index (χ0v) is 14.2. The summed E-state index contributed by atoms with van der Waals surface area (Å²) in [4.78, 5) is 4.95. The van der Waals surface area contributed by atoms with Crippen LogP contribution in [0.4, 0.5) is 0 Å². The molecule has 1 aliphatic heterocycles. The van der Waals surface area contributed by atoms with Gasteiger partial charge in [0.2, 0.25) is 0 Å². The monoisotopic (exact) mass is 310 g/mol. The van der Waals surface area contributed by atoms with Crippen LogP contribution in [0, 0.1) is 13.8 Å². The van der Waals surface area contributed by atoms with Gasteiger partial charge in [0.1, 0.15) is 0 Å². The Morgan fingerprint density at radius 1 is 1.17 bits per heavy atom. The summed E-state index contributed by atoms with van der Waals surface area (Å²) < 4.78 is 0. The number of nitrogens with one attached hydrogen (secondary N) is 1. The highest BCUT2D eigenvalue weighted by Gasteiger charge is 2.30. The highest BCUT2D eigenvalue weighted by atomic mass is 16.3. The molecular formula is C20H26N2O. The highest BCUT2D eigenvalue weighted by Crippen LogP contribution is 2.37. The number of aromatic nitrogens is 1. The van der Waals surface area contributed by atoms with Crippen molar-refractivity contribution < 1.29 is 5.11 Å². The van der Waals surface area contributed by atoms with E-state index in [4.69, 9.17) is 4.98 Å². The third kappa shape index (κ3) is 2.56. The average Bonchev–Trinajstić information content (AvgIpc) is 3.01. The number of hydrogen-bond donors (Lipinski definition) is 2. The maximum absolute atomic E-state index is 11.2. The van der Waals surface area contributed by atoms with Crippen LogP contribution in [0.2, 0.25) is 0 Å². The van der Waals surface area contributed by atoms with Gasteiger partial charge in [-0.3, -0.25) is 4.98 Å². The minimum absolute atomic E-state index is 0.180. The average molecular weight is 310 g/mol. The Balaban J connectivity index is 1.92. The number of aliphatic hydroxyl groups is 1. The van der Waals surface area contributed by atoms with Crippen LogP contribution >= 0.6 is 0 Å². The Labute approximate surface area is 138 Å². The van der Waals surface area contributed by atoms with Gasteiger partial charge < -0.3 is 10.4 Å². The minimum Gasteiger partial charge on any atom is -0.387 e. The first kappa shape index (κ1) is 15.1. The van der Waals surface area contributed by atoms with E-state index in [1.807, 2.05) is 0 Å². The van der Waals surface area contributed by atoms with Crippen molar-refractivity contribution in [2.45, 2.75) is 64.5 Å². The number of piperidine rings is 1. The second-order valence-electron chi connectivity index (χ2n) is 7.28. The molecule has 0 saturated carbocycles. The molecule has 1 aromatic carbocycles. The van der Waals surface area contributed by atoms with E-state index < -0.39 is 6.10 Å². The predicted octanol–water partition coefficient (Wildman–Crippen LogP) is 3.52. The van der Waals surface area contributed by atoms with Crippen molar-refractivity contribution in [3.63, 3.8) is 0 Å². The molecule has 0 bridgehead atoms. The quantitative estimate of drug-likeness (QED) is 0.892. The molecule has 1 aliphatic carbocycles. The lowest BCUT2D eigenvalue weighted by atomic mass is 9.88. The summed E-state index contributed by atoms with van der Waals surface area (Å²) in [5.41, 5.74) is 7.26. The fraction of sp³-hybridized carbons (Fsp3) is 0.550. The predicted molar refractivity (Wildman–Crippen MR) is 93.8 cm³/mol. The fourth-order valence-corrected chi connectivity index (χ4v) is 4.44. The number of hydrogen-bond acceptors (Lipinski definition) is 3. The van der Waals surface area contributed by atoms with Crippen molar-refractivity contribution in [1.29, 1.82) is 0 Å². The van der Waals surface area contributed by atoms with E-state index in [0.29, 0.717) is 0 Å². The van der Waals surface area contributed by atoms with Crippen molar-refractivity contribution in [2.75, 3.05) is 6.54 Å². The van der Waals surface area contributed by atoms with E-state index in [-0.39, 0.29) is 6.04 Å². The van der Waals surface area contributed by atoms with Crippen LogP contribution in [0.3, 0.4) is 0 Å². The molecular weight excluding hydrogens is 284 g/mol. The second-order valence-corrected chi connectivity index (χ2v) is 7.28. The number of rotatable bonds is 2. The molecule has 2 unspecified atom stereocenters. The minimum atomic E-state index is -0.422. The molecule has 4 rings (SSSR count). The maximum atomic E-state index is 11.2. The maximum Gasteiger partial charge on any atom is 0.0952 e. The topological polar surface area (TPSA) is 45.2 Å². The molecule has 2 heterocycles. The van der Waals surface area contributed by atoms with Gasteiger partial charge in [0.05, 0.1) is 11.6 Å². The molecule has 3 heteroatoms. The lowest BCUT2D eigenvalue weighted by Crippen LogP contribution is -2.39. The molecule has 2 aromatic rings. The third-order valence-electron chi connectivity index (χ3n) is 5.52. The Morgan fingerprint density at radius 3 is 2.83 bits per heavy atom. The standard InChI is InChI=1S/C20H26N2O/c1-12-10-13(2)19-15(11-12)18(14-6-5-8-16(14)22-19)20(23)17-7-3-4-9-21-17/h10-11,17,20-21,23H,3-9H2,1-2H3. The number of aryl methyl sites for hydroxylation is 3. The summed E-state index contributed by atoms with van der Waals surface area (Å²) in [5.74, 6) is 0. The van der Waals surface area contributed by atoms with Gasteiger partial charge in [0.25, 0.3) is 0 Å². The Bertz CT molecular complexity index is 747. The molecule has 1 fully saturated rings. The molecule has 2 aliphatic rings. The van der Waals surface area contributed by atoms with E-state index in [9.17, 15) is 5.11 Å². The van der Waals surface area contributed by atoms with Gasteiger partial charge in [0, 0.05) is 17.1 Å². The first-order valence-electron chi connectivity index (χ1n) is 8.99. The summed E-state index contributed by atoms with van der Waals surface area (Å²) in [6, 6.07) is 4.60. The molecule has 0 spiro atoms. The zero-order chi connectivity index (χ0) is 16.0. The summed E-state index contributed by atoms with van der Waals surface area (Å²) >= 11 is 0. The summed E-state index contributed by atoms with van der Waals surface area (Å²) in [6.07, 6.45) is 6.34. The molecule has 3 nitrogen and oxygen atoms in total. The van der Waals surface area contributed by atoms with Crippen LogP contribution in [0.5, 0.6) is 0 Å². The van der Waals surface area contributed by atoms with Crippen molar-refractivity contribution in [2.24, 2.45) is 0 Å². The molecule has 0 amide bonds. The normalized spacial score (nSPS) is 22.3. The zero-order valence-electron chi connectivity index (χ0n) is 14.2. The first-order chi connectivity index (χ1) is 11.1. The van der Waals surface area contributed by atoms with Gasteiger partial charge in [0.15, 0.2) is 0 Å². The van der Waals surface area contributed by atoms with Crippen LogP contribution < -0.4 is 5.32 Å². The van der Waals surface area contributed by atoms with Crippen molar-refractivity contribution >= 4 is 10.9 Å². The molecule has 23 heavy (non-hydrogen) atoms. The van der Waals surface area contributed by atoms with E-state index >= 15 is 0 Å². The van der Waals surface area contributed by atoms with Crippen LogP contribution in [0.25, 0.3) is 10.9 Å². The Kier molecular flexibility index (Phi) is 3.86. The van der Waals surface area contributed by atoms with E-state index in [1.54, 1.807) is 0 Å². The van der Waals surface area contributed by atoms with Gasteiger partial charge in [-0.15, -0.1) is 0 Å². The van der Waals surface area contributed by atoms with Crippen molar-refractivity contribution in [3.05, 3.63) is 40.1 Å². The van der Waals surface area contributed by atoms with Crippen LogP contribution in [0.1, 0.15) is 59.7 Å². The highest BCUT2D eigenvalue weighted by molar-refractivity contribution is 5.87. The van der Waals surface area contributed by atoms with Crippen molar-refractivity contribution in [3.8, 4) is 0 Å². The molecule has 122 valence electrons. The number of nitrogens with zero attached hydrogens (tertiary/aromatic N) is 1. The van der Waals surface area contributed by atoms with Crippen LogP contribution in [-0.4, -0.2) is 22.7 Å². The summed E-state index contributed by atoms with van der Waals surface area (Å²) in [6.45, 7) is 5.29. The Hall–Kier alpha value is -1.45. The van der Waals surface area contributed by atoms with E-state index in [2.05, 4.69) is 31.3 Å². The molecule has 2 N–H and O–H groups in total. The third-order valence-corrected chi connectivity index (χ3v) is 5.52. The van der Waals surface area contributed by atoms with Crippen LogP contribution in [-0.2, 0) is 12.8 Å². The summed E-state index contributed by atoms with van der Waals surface area (Å²) in [7, 11) is 0. The number of pyridine rings is 1. The largest absolute Gasteiger partial charge is 0.387 e. The van der Waals surface area contributed by atoms with E-state index in [0.717, 1.165) is 43.3 Å². The van der Waals surface area contributed by atoms with Crippen molar-refractivity contribution in [1.82, 2.24) is 10.3 Å². The molecule has 1 aromatic heterocycles. The van der Waals surface area contributed by atoms with Gasteiger partial charge in [-0.25, -0.2) is 0 Å². The molecule has 2 atom stereocenters. The first-order valence-corrected chi connectivity index (χ1v) is 8.99. The number of aliphatic hydroxyl groups excluding tert-OH is 1. The lowest BCUT2D eigenvalue weighted by molar-refractivity contribution is 0.114. The van der Waals surface area contributed by atoms with Crippen LogP contribution in [0.15, 0.2) is 12.1 Å². The van der Waals surface area contributed by atoms with Gasteiger partial charge >= 0.3 is 0 Å². The number of fused-ring (bicyclic) bond motifs is 2. The van der Waals surface area contributed by atoms with Gasteiger partial charge in [-0.1, -0.05) is 18.1 Å². The lowest BCUT2D eigenvalue weighted by Gasteiger charge is -2.30. The van der Waals surface area contributed by atoms with Gasteiger partial charge in [-0.2, -0.15) is 0 Å². The summed E-state index contributed by atoms with van der Waals surface area (Å²) in [5, 5.41) is 15.9. The molecule has 0 radical (unpaired) electrons. The van der Waals surface area contributed by atoms with Gasteiger partial charge in [-0.05, 0) is 75.3 Å². The second kappa shape index (κ2) is 5.88. The smallest absolute Gasteiger partial charge is 0.0952 e.